The molecule has 16 heavy (non-hydrogen) atoms. The molecule has 2 aromatic rings. The maximum atomic E-state index is 4.45. The van der Waals surface area contributed by atoms with Crippen molar-refractivity contribution < 1.29 is 0 Å². The molecule has 0 aliphatic rings. The Morgan fingerprint density at radius 3 is 3.00 bits per heavy atom. The van der Waals surface area contributed by atoms with E-state index in [-0.39, 0.29) is 6.04 Å². The molecule has 0 saturated carbocycles. The van der Waals surface area contributed by atoms with Crippen LogP contribution in [0.4, 0.5) is 0 Å². The molecule has 0 amide bonds. The number of nitrogens with one attached hydrogen (secondary N) is 1. The minimum Gasteiger partial charge on any atom is -0.311 e. The maximum absolute atomic E-state index is 4.45. The van der Waals surface area contributed by atoms with Crippen molar-refractivity contribution in [3.63, 3.8) is 0 Å². The molecule has 0 radical (unpaired) electrons. The maximum Gasteiger partial charge on any atom is 0.0794 e. The summed E-state index contributed by atoms with van der Waals surface area (Å²) in [5.74, 6) is 0. The van der Waals surface area contributed by atoms with Crippen LogP contribution in [0.5, 0.6) is 0 Å². The molecule has 1 unspecified atom stereocenters. The molecule has 4 heteroatoms. The fourth-order valence-electron chi connectivity index (χ4n) is 1.74. The molecule has 0 bridgehead atoms. The molecule has 0 fully saturated rings. The third-order valence-electron chi connectivity index (χ3n) is 2.62. The van der Waals surface area contributed by atoms with Gasteiger partial charge in [-0.15, -0.1) is 11.3 Å². The van der Waals surface area contributed by atoms with Gasteiger partial charge in [-0.2, -0.15) is 0 Å². The van der Waals surface area contributed by atoms with Crippen LogP contribution in [-0.4, -0.2) is 17.0 Å². The molecular weight excluding hydrogens is 218 g/mol. The van der Waals surface area contributed by atoms with Crippen LogP contribution in [0.1, 0.15) is 22.2 Å². The van der Waals surface area contributed by atoms with Crippen molar-refractivity contribution in [2.24, 2.45) is 0 Å². The van der Waals surface area contributed by atoms with Crippen molar-refractivity contribution in [2.75, 3.05) is 7.05 Å². The molecule has 2 heterocycles. The summed E-state index contributed by atoms with van der Waals surface area (Å²) in [6.07, 6.45) is 4.71. The Morgan fingerprint density at radius 2 is 2.38 bits per heavy atom. The third kappa shape index (κ3) is 2.46. The lowest BCUT2D eigenvalue weighted by Gasteiger charge is -2.16. The van der Waals surface area contributed by atoms with Crippen LogP contribution >= 0.6 is 11.3 Å². The molecule has 84 valence electrons. The van der Waals surface area contributed by atoms with E-state index >= 15 is 0 Å². The fraction of sp³-hybridized carbons (Fsp3) is 0.333. The van der Waals surface area contributed by atoms with Gasteiger partial charge in [0.25, 0.3) is 0 Å². The molecule has 0 aliphatic heterocycles. The zero-order valence-corrected chi connectivity index (χ0v) is 10.3. The zero-order chi connectivity index (χ0) is 11.4. The fourth-order valence-corrected chi connectivity index (χ4v) is 2.38. The summed E-state index contributed by atoms with van der Waals surface area (Å²) in [6.45, 7) is 2.10. The molecule has 2 aromatic heterocycles. The summed E-state index contributed by atoms with van der Waals surface area (Å²) in [7, 11) is 1.97. The van der Waals surface area contributed by atoms with Crippen LogP contribution in [0, 0.1) is 6.92 Å². The molecule has 1 N–H and O–H groups in total. The Kier molecular flexibility index (Phi) is 3.64. The normalized spacial score (nSPS) is 12.6. The lowest BCUT2D eigenvalue weighted by molar-refractivity contribution is 0.576. The van der Waals surface area contributed by atoms with Gasteiger partial charge in [-0.1, -0.05) is 6.07 Å². The average molecular weight is 233 g/mol. The molecule has 1 atom stereocenters. The van der Waals surface area contributed by atoms with Crippen molar-refractivity contribution in [3.05, 3.63) is 46.2 Å². The van der Waals surface area contributed by atoms with Crippen LogP contribution in [0.3, 0.4) is 0 Å². The van der Waals surface area contributed by atoms with Crippen molar-refractivity contribution in [3.8, 4) is 0 Å². The monoisotopic (exact) mass is 233 g/mol. The lowest BCUT2D eigenvalue weighted by atomic mass is 10.0. The zero-order valence-electron chi connectivity index (χ0n) is 9.47. The highest BCUT2D eigenvalue weighted by molar-refractivity contribution is 7.09. The van der Waals surface area contributed by atoms with Crippen LogP contribution < -0.4 is 5.32 Å². The van der Waals surface area contributed by atoms with Gasteiger partial charge in [-0.25, -0.2) is 0 Å². The van der Waals surface area contributed by atoms with E-state index in [4.69, 9.17) is 0 Å². The standard InChI is InChI=1S/C12H15N3S/c1-9-4-3-5-15-12(9)11(13-2)6-10-7-14-8-16-10/h3-5,7-8,11,13H,6H2,1-2H3. The highest BCUT2D eigenvalue weighted by atomic mass is 32.1. The van der Waals surface area contributed by atoms with Gasteiger partial charge >= 0.3 is 0 Å². The molecule has 3 nitrogen and oxygen atoms in total. The number of aromatic nitrogens is 2. The van der Waals surface area contributed by atoms with E-state index in [1.54, 1.807) is 11.3 Å². The highest BCUT2D eigenvalue weighted by Crippen LogP contribution is 2.20. The molecule has 0 aliphatic carbocycles. The van der Waals surface area contributed by atoms with Gasteiger partial charge in [0.1, 0.15) is 0 Å². The third-order valence-corrected chi connectivity index (χ3v) is 3.42. The predicted octanol–water partition coefficient (Wildman–Crippen LogP) is 2.35. The van der Waals surface area contributed by atoms with E-state index in [0.717, 1.165) is 12.1 Å². The quantitative estimate of drug-likeness (QED) is 0.881. The van der Waals surface area contributed by atoms with E-state index in [2.05, 4.69) is 28.3 Å². The second-order valence-electron chi connectivity index (χ2n) is 3.72. The van der Waals surface area contributed by atoms with E-state index in [1.165, 1.54) is 10.4 Å². The second kappa shape index (κ2) is 5.18. The van der Waals surface area contributed by atoms with E-state index < -0.39 is 0 Å². The summed E-state index contributed by atoms with van der Waals surface area (Å²) >= 11 is 1.69. The Hall–Kier alpha value is -1.26. The molecular formula is C12H15N3S. The lowest BCUT2D eigenvalue weighted by Crippen LogP contribution is -2.20. The van der Waals surface area contributed by atoms with Crippen molar-refractivity contribution in [1.29, 1.82) is 0 Å². The Morgan fingerprint density at radius 1 is 1.50 bits per heavy atom. The first-order chi connectivity index (χ1) is 7.81. The Bertz CT molecular complexity index is 439. The van der Waals surface area contributed by atoms with Crippen molar-refractivity contribution in [1.82, 2.24) is 15.3 Å². The number of nitrogens with zero attached hydrogens (tertiary/aromatic N) is 2. The number of aryl methyl sites for hydroxylation is 1. The van der Waals surface area contributed by atoms with Gasteiger partial charge in [0, 0.05) is 23.7 Å². The number of likely N-dealkylation sites (N-methyl/N-ethyl adjacent to an activating group) is 1. The van der Waals surface area contributed by atoms with Gasteiger partial charge in [0.2, 0.25) is 0 Å². The highest BCUT2D eigenvalue weighted by Gasteiger charge is 2.14. The van der Waals surface area contributed by atoms with E-state index in [0.29, 0.717) is 0 Å². The Balaban J connectivity index is 2.20. The largest absolute Gasteiger partial charge is 0.311 e. The van der Waals surface area contributed by atoms with Gasteiger partial charge in [0.05, 0.1) is 17.2 Å². The van der Waals surface area contributed by atoms with Gasteiger partial charge in [-0.05, 0) is 25.6 Å². The molecule has 0 saturated heterocycles. The predicted molar refractivity (Wildman–Crippen MR) is 66.6 cm³/mol. The number of rotatable bonds is 4. The van der Waals surface area contributed by atoms with Gasteiger partial charge in [0.15, 0.2) is 0 Å². The first-order valence-corrected chi connectivity index (χ1v) is 6.15. The SMILES string of the molecule is CNC(Cc1cncs1)c1ncccc1C. The van der Waals surface area contributed by atoms with Crippen LogP contribution in [-0.2, 0) is 6.42 Å². The first-order valence-electron chi connectivity index (χ1n) is 5.27. The number of pyridine rings is 1. The minimum atomic E-state index is 0.265. The second-order valence-corrected chi connectivity index (χ2v) is 4.69. The van der Waals surface area contributed by atoms with Gasteiger partial charge in [-0.3, -0.25) is 9.97 Å². The Labute approximate surface area is 99.6 Å². The number of hydrogen-bond donors (Lipinski definition) is 1. The first kappa shape index (κ1) is 11.2. The van der Waals surface area contributed by atoms with Crippen LogP contribution in [0.15, 0.2) is 30.0 Å². The topological polar surface area (TPSA) is 37.8 Å². The molecule has 2 rings (SSSR count). The molecule has 0 spiro atoms. The number of thiazole rings is 1. The summed E-state index contributed by atoms with van der Waals surface area (Å²) in [5.41, 5.74) is 4.22. The summed E-state index contributed by atoms with van der Waals surface area (Å²) in [6, 6.07) is 4.33. The van der Waals surface area contributed by atoms with E-state index in [1.807, 2.05) is 31.0 Å². The van der Waals surface area contributed by atoms with Crippen LogP contribution in [0.2, 0.25) is 0 Å². The number of hydrogen-bond acceptors (Lipinski definition) is 4. The average Bonchev–Trinajstić information content (AvgIpc) is 2.80. The minimum absolute atomic E-state index is 0.265. The van der Waals surface area contributed by atoms with Crippen molar-refractivity contribution >= 4 is 11.3 Å². The van der Waals surface area contributed by atoms with E-state index in [9.17, 15) is 0 Å². The summed E-state index contributed by atoms with van der Waals surface area (Å²) in [4.78, 5) is 9.83. The molecule has 0 aromatic carbocycles. The van der Waals surface area contributed by atoms with Crippen LogP contribution in [0.25, 0.3) is 0 Å². The van der Waals surface area contributed by atoms with Crippen molar-refractivity contribution in [2.45, 2.75) is 19.4 Å². The summed E-state index contributed by atoms with van der Waals surface area (Å²) < 4.78 is 0. The van der Waals surface area contributed by atoms with Gasteiger partial charge < -0.3 is 5.32 Å². The summed E-state index contributed by atoms with van der Waals surface area (Å²) in [5, 5.41) is 3.31. The smallest absolute Gasteiger partial charge is 0.0794 e.